The molecule has 0 unspecified atom stereocenters. The third kappa shape index (κ3) is 4.01. The van der Waals surface area contributed by atoms with E-state index < -0.39 is 5.97 Å². The normalized spacial score (nSPS) is 15.1. The highest BCUT2D eigenvalue weighted by atomic mass is 16.5. The number of hydrogen-bond donors (Lipinski definition) is 0. The Morgan fingerprint density at radius 2 is 1.88 bits per heavy atom. The lowest BCUT2D eigenvalue weighted by Gasteiger charge is -2.32. The highest BCUT2D eigenvalue weighted by Crippen LogP contribution is 2.22. The Kier molecular flexibility index (Phi) is 5.25. The zero-order chi connectivity index (χ0) is 16.8. The summed E-state index contributed by atoms with van der Waals surface area (Å²) in [6, 6.07) is 13.4. The highest BCUT2D eigenvalue weighted by molar-refractivity contribution is 5.86. The monoisotopic (exact) mass is 327 g/mol. The smallest absolute Gasteiger partial charge is 0.358 e. The minimum Gasteiger partial charge on any atom is -0.493 e. The highest BCUT2D eigenvalue weighted by Gasteiger charge is 2.21. The molecule has 6 nitrogen and oxygen atoms in total. The van der Waals surface area contributed by atoms with E-state index in [1.165, 1.54) is 7.11 Å². The Morgan fingerprint density at radius 1 is 1.12 bits per heavy atom. The fourth-order valence-electron chi connectivity index (χ4n) is 2.77. The maximum Gasteiger partial charge on any atom is 0.358 e. The van der Waals surface area contributed by atoms with E-state index in [2.05, 4.69) is 19.8 Å². The Labute approximate surface area is 141 Å². The molecule has 2 aromatic rings. The van der Waals surface area contributed by atoms with E-state index >= 15 is 0 Å². The number of nitrogens with zero attached hydrogens (tertiary/aromatic N) is 3. The molecule has 1 saturated heterocycles. The predicted molar refractivity (Wildman–Crippen MR) is 90.2 cm³/mol. The van der Waals surface area contributed by atoms with Gasteiger partial charge in [-0.2, -0.15) is 0 Å². The van der Waals surface area contributed by atoms with Gasteiger partial charge < -0.3 is 14.4 Å². The molecule has 0 spiro atoms. The SMILES string of the molecule is COC(=O)c1ccc(N2CCC(COc3ccccc3)CC2)nn1. The van der Waals surface area contributed by atoms with Gasteiger partial charge in [0.05, 0.1) is 13.7 Å². The quantitative estimate of drug-likeness (QED) is 0.787. The van der Waals surface area contributed by atoms with Crippen LogP contribution in [0.15, 0.2) is 42.5 Å². The van der Waals surface area contributed by atoms with Gasteiger partial charge in [-0.3, -0.25) is 0 Å². The van der Waals surface area contributed by atoms with Gasteiger partial charge in [-0.25, -0.2) is 4.79 Å². The van der Waals surface area contributed by atoms with E-state index in [0.29, 0.717) is 5.92 Å². The molecule has 0 N–H and O–H groups in total. The van der Waals surface area contributed by atoms with Crippen LogP contribution >= 0.6 is 0 Å². The second kappa shape index (κ2) is 7.77. The van der Waals surface area contributed by atoms with Gasteiger partial charge in [0.1, 0.15) is 5.75 Å². The van der Waals surface area contributed by atoms with Crippen LogP contribution in [0.25, 0.3) is 0 Å². The van der Waals surface area contributed by atoms with Crippen molar-refractivity contribution in [1.29, 1.82) is 0 Å². The van der Waals surface area contributed by atoms with Crippen LogP contribution in [0.2, 0.25) is 0 Å². The van der Waals surface area contributed by atoms with Crippen LogP contribution in [-0.2, 0) is 4.74 Å². The third-order valence-corrected chi connectivity index (χ3v) is 4.21. The van der Waals surface area contributed by atoms with Gasteiger partial charge in [0.25, 0.3) is 0 Å². The van der Waals surface area contributed by atoms with Crippen LogP contribution in [0.5, 0.6) is 5.75 Å². The average Bonchev–Trinajstić information content (AvgIpc) is 2.67. The summed E-state index contributed by atoms with van der Waals surface area (Å²) in [5, 5.41) is 8.06. The number of ether oxygens (including phenoxy) is 2. The maximum atomic E-state index is 11.4. The first-order chi connectivity index (χ1) is 11.8. The molecule has 0 amide bonds. The van der Waals surface area contributed by atoms with Crippen LogP contribution in [0, 0.1) is 5.92 Å². The number of carbonyl (C=O) groups excluding carboxylic acids is 1. The molecule has 1 aromatic heterocycles. The molecule has 24 heavy (non-hydrogen) atoms. The number of esters is 1. The van der Waals surface area contributed by atoms with Gasteiger partial charge >= 0.3 is 5.97 Å². The van der Waals surface area contributed by atoms with Crippen molar-refractivity contribution in [3.63, 3.8) is 0 Å². The standard InChI is InChI=1S/C18H21N3O3/c1-23-18(22)16-7-8-17(20-19-16)21-11-9-14(10-12-21)13-24-15-5-3-2-4-6-15/h2-8,14H,9-13H2,1H3. The van der Waals surface area contributed by atoms with Gasteiger partial charge in [0.2, 0.25) is 0 Å². The van der Waals surface area contributed by atoms with Crippen molar-refractivity contribution in [2.24, 2.45) is 5.92 Å². The lowest BCUT2D eigenvalue weighted by atomic mass is 9.98. The number of aromatic nitrogens is 2. The van der Waals surface area contributed by atoms with Crippen LogP contribution < -0.4 is 9.64 Å². The number of benzene rings is 1. The second-order valence-electron chi connectivity index (χ2n) is 5.82. The van der Waals surface area contributed by atoms with Crippen molar-refractivity contribution >= 4 is 11.8 Å². The zero-order valence-corrected chi connectivity index (χ0v) is 13.7. The maximum absolute atomic E-state index is 11.4. The summed E-state index contributed by atoms with van der Waals surface area (Å²) in [5.41, 5.74) is 0.229. The van der Waals surface area contributed by atoms with Crippen molar-refractivity contribution in [2.45, 2.75) is 12.8 Å². The fraction of sp³-hybridized carbons (Fsp3) is 0.389. The molecular weight excluding hydrogens is 306 g/mol. The van der Waals surface area contributed by atoms with E-state index in [4.69, 9.17) is 4.74 Å². The summed E-state index contributed by atoms with van der Waals surface area (Å²) in [7, 11) is 1.33. The average molecular weight is 327 g/mol. The van der Waals surface area contributed by atoms with E-state index in [1.807, 2.05) is 36.4 Å². The molecule has 3 rings (SSSR count). The molecule has 0 aliphatic carbocycles. The number of hydrogen-bond acceptors (Lipinski definition) is 6. The predicted octanol–water partition coefficient (Wildman–Crippen LogP) is 2.56. The van der Waals surface area contributed by atoms with Crippen LogP contribution in [0.3, 0.4) is 0 Å². The molecule has 6 heteroatoms. The lowest BCUT2D eigenvalue weighted by Crippen LogP contribution is -2.36. The largest absolute Gasteiger partial charge is 0.493 e. The van der Waals surface area contributed by atoms with Gasteiger partial charge in [0, 0.05) is 13.1 Å². The van der Waals surface area contributed by atoms with E-state index in [9.17, 15) is 4.79 Å². The minimum absolute atomic E-state index is 0.229. The molecule has 0 radical (unpaired) electrons. The summed E-state index contributed by atoms with van der Waals surface area (Å²) < 4.78 is 10.5. The molecule has 0 bridgehead atoms. The molecule has 1 fully saturated rings. The van der Waals surface area contributed by atoms with Crippen LogP contribution in [0.4, 0.5) is 5.82 Å². The van der Waals surface area contributed by atoms with Gasteiger partial charge in [-0.15, -0.1) is 10.2 Å². The van der Waals surface area contributed by atoms with Crippen LogP contribution in [-0.4, -0.2) is 43.0 Å². The number of para-hydroxylation sites is 1. The topological polar surface area (TPSA) is 64.5 Å². The fourth-order valence-corrected chi connectivity index (χ4v) is 2.77. The van der Waals surface area contributed by atoms with Crippen molar-refractivity contribution in [3.8, 4) is 5.75 Å². The molecule has 126 valence electrons. The van der Waals surface area contributed by atoms with Gasteiger partial charge in [-0.1, -0.05) is 18.2 Å². The Hall–Kier alpha value is -2.63. The van der Waals surface area contributed by atoms with E-state index in [-0.39, 0.29) is 5.69 Å². The Balaban J connectivity index is 1.49. The molecular formula is C18H21N3O3. The summed E-state index contributed by atoms with van der Waals surface area (Å²) in [6.07, 6.45) is 2.10. The number of piperidine rings is 1. The van der Waals surface area contributed by atoms with Crippen molar-refractivity contribution < 1.29 is 14.3 Å². The van der Waals surface area contributed by atoms with Gasteiger partial charge in [0.15, 0.2) is 11.5 Å². The zero-order valence-electron chi connectivity index (χ0n) is 13.7. The van der Waals surface area contributed by atoms with Crippen molar-refractivity contribution in [1.82, 2.24) is 10.2 Å². The first-order valence-corrected chi connectivity index (χ1v) is 8.11. The first kappa shape index (κ1) is 16.2. The number of anilines is 1. The van der Waals surface area contributed by atoms with Crippen LogP contribution in [0.1, 0.15) is 23.3 Å². The molecule has 1 aliphatic heterocycles. The van der Waals surface area contributed by atoms with E-state index in [1.54, 1.807) is 6.07 Å². The van der Waals surface area contributed by atoms with Gasteiger partial charge in [-0.05, 0) is 43.0 Å². The van der Waals surface area contributed by atoms with E-state index in [0.717, 1.165) is 44.1 Å². The Bertz CT molecular complexity index is 653. The number of carbonyl (C=O) groups is 1. The lowest BCUT2D eigenvalue weighted by molar-refractivity contribution is 0.0592. The molecule has 1 aromatic carbocycles. The molecule has 2 heterocycles. The Morgan fingerprint density at radius 3 is 2.50 bits per heavy atom. The minimum atomic E-state index is -0.467. The van der Waals surface area contributed by atoms with Crippen molar-refractivity contribution in [2.75, 3.05) is 31.7 Å². The summed E-state index contributed by atoms with van der Waals surface area (Å²) >= 11 is 0. The number of methoxy groups -OCH3 is 1. The second-order valence-corrected chi connectivity index (χ2v) is 5.82. The summed E-state index contributed by atoms with van der Waals surface area (Å²) in [5.74, 6) is 1.80. The molecule has 0 atom stereocenters. The first-order valence-electron chi connectivity index (χ1n) is 8.11. The molecule has 0 saturated carbocycles. The van der Waals surface area contributed by atoms with Crippen molar-refractivity contribution in [3.05, 3.63) is 48.2 Å². The number of rotatable bonds is 5. The summed E-state index contributed by atoms with van der Waals surface area (Å²) in [4.78, 5) is 13.6. The summed E-state index contributed by atoms with van der Waals surface area (Å²) in [6.45, 7) is 2.56. The third-order valence-electron chi connectivity index (χ3n) is 4.21. The molecule has 1 aliphatic rings.